The Kier molecular flexibility index (Phi) is 8.08. The molecule has 30 heavy (non-hydrogen) atoms. The van der Waals surface area contributed by atoms with Gasteiger partial charge in [0, 0.05) is 38.3 Å². The summed E-state index contributed by atoms with van der Waals surface area (Å²) >= 11 is 0. The third-order valence-corrected chi connectivity index (χ3v) is 6.11. The van der Waals surface area contributed by atoms with Gasteiger partial charge in [-0.15, -0.1) is 0 Å². The van der Waals surface area contributed by atoms with Gasteiger partial charge in [0.15, 0.2) is 5.96 Å². The summed E-state index contributed by atoms with van der Waals surface area (Å²) in [6.45, 7) is 8.50. The molecule has 2 saturated heterocycles. The lowest BCUT2D eigenvalue weighted by Gasteiger charge is -2.38. The Morgan fingerprint density at radius 2 is 2.03 bits per heavy atom. The average molecular weight is 420 g/mol. The predicted molar refractivity (Wildman–Crippen MR) is 115 cm³/mol. The zero-order valence-corrected chi connectivity index (χ0v) is 18.2. The normalized spacial score (nSPS) is 21.9. The maximum atomic E-state index is 13.5. The zero-order valence-electron chi connectivity index (χ0n) is 18.2. The number of piperidine rings is 1. The van der Waals surface area contributed by atoms with Gasteiger partial charge in [-0.3, -0.25) is 9.79 Å². The molecule has 2 heterocycles. The van der Waals surface area contributed by atoms with Gasteiger partial charge in [0.25, 0.3) is 0 Å². The molecule has 3 rings (SSSR count). The zero-order chi connectivity index (χ0) is 21.4. The Labute approximate surface area is 178 Å². The average Bonchev–Trinajstić information content (AvgIpc) is 2.78. The van der Waals surface area contributed by atoms with E-state index < -0.39 is 0 Å². The van der Waals surface area contributed by atoms with E-state index in [0.29, 0.717) is 32.9 Å². The molecular weight excluding hydrogens is 385 g/mol. The van der Waals surface area contributed by atoms with Crippen LogP contribution in [0.15, 0.2) is 29.3 Å². The van der Waals surface area contributed by atoms with Crippen LogP contribution in [0.4, 0.5) is 4.39 Å². The molecule has 0 radical (unpaired) electrons. The number of likely N-dealkylation sites (tertiary alicyclic amines) is 1. The van der Waals surface area contributed by atoms with Gasteiger partial charge >= 0.3 is 5.97 Å². The molecule has 1 atom stereocenters. The molecule has 2 fully saturated rings. The Morgan fingerprint density at radius 3 is 2.70 bits per heavy atom. The second-order valence-electron chi connectivity index (χ2n) is 8.11. The van der Waals surface area contributed by atoms with Gasteiger partial charge in [-0.05, 0) is 57.2 Å². The molecule has 1 aromatic carbocycles. The minimum atomic E-state index is -0.226. The van der Waals surface area contributed by atoms with Gasteiger partial charge in [0.2, 0.25) is 0 Å². The van der Waals surface area contributed by atoms with Crippen LogP contribution in [0.25, 0.3) is 0 Å². The lowest BCUT2D eigenvalue weighted by molar-refractivity contribution is -0.149. The predicted octanol–water partition coefficient (Wildman–Crippen LogP) is 3.11. The standard InChI is InChI=1S/C23H34FN3O3/c1-3-25-22(27-13-5-6-18(16-27)21(28)30-4-2)26-17-23(11-14-29-15-12-23)19-7-9-20(24)10-8-19/h7-10,18H,3-6,11-17H2,1-2H3,(H,25,26). The number of carbonyl (C=O) groups excluding carboxylic acids is 1. The number of benzene rings is 1. The molecule has 1 aromatic rings. The largest absolute Gasteiger partial charge is 0.466 e. The van der Waals surface area contributed by atoms with Crippen molar-refractivity contribution < 1.29 is 18.7 Å². The first-order valence-electron chi connectivity index (χ1n) is 11.1. The molecule has 0 bridgehead atoms. The summed E-state index contributed by atoms with van der Waals surface area (Å²) in [5.41, 5.74) is 0.943. The van der Waals surface area contributed by atoms with E-state index >= 15 is 0 Å². The summed E-state index contributed by atoms with van der Waals surface area (Å²) < 4.78 is 24.3. The van der Waals surface area contributed by atoms with Crippen molar-refractivity contribution in [2.24, 2.45) is 10.9 Å². The summed E-state index contributed by atoms with van der Waals surface area (Å²) in [6.07, 6.45) is 3.50. The summed E-state index contributed by atoms with van der Waals surface area (Å²) in [6, 6.07) is 6.80. The monoisotopic (exact) mass is 419 g/mol. The number of hydrogen-bond donors (Lipinski definition) is 1. The van der Waals surface area contributed by atoms with Crippen LogP contribution in [-0.2, 0) is 19.7 Å². The quantitative estimate of drug-likeness (QED) is 0.436. The molecule has 1 N–H and O–H groups in total. The van der Waals surface area contributed by atoms with E-state index in [-0.39, 0.29) is 23.1 Å². The maximum absolute atomic E-state index is 13.5. The van der Waals surface area contributed by atoms with Crippen molar-refractivity contribution in [3.63, 3.8) is 0 Å². The van der Waals surface area contributed by atoms with Crippen molar-refractivity contribution >= 4 is 11.9 Å². The fourth-order valence-electron chi connectivity index (χ4n) is 4.38. The minimum Gasteiger partial charge on any atom is -0.466 e. The van der Waals surface area contributed by atoms with Gasteiger partial charge < -0.3 is 19.7 Å². The lowest BCUT2D eigenvalue weighted by Crippen LogP contribution is -2.49. The molecule has 0 amide bonds. The van der Waals surface area contributed by atoms with Crippen LogP contribution < -0.4 is 5.32 Å². The number of halogens is 1. The van der Waals surface area contributed by atoms with Crippen molar-refractivity contribution in [1.29, 1.82) is 0 Å². The minimum absolute atomic E-state index is 0.114. The first-order chi connectivity index (χ1) is 14.6. The van der Waals surface area contributed by atoms with E-state index in [1.807, 2.05) is 26.0 Å². The molecular formula is C23H34FN3O3. The molecule has 7 heteroatoms. The number of carbonyl (C=O) groups is 1. The van der Waals surface area contributed by atoms with E-state index in [9.17, 15) is 9.18 Å². The highest BCUT2D eigenvalue weighted by atomic mass is 19.1. The molecule has 6 nitrogen and oxygen atoms in total. The summed E-state index contributed by atoms with van der Waals surface area (Å²) in [7, 11) is 0. The molecule has 0 saturated carbocycles. The third kappa shape index (κ3) is 5.50. The van der Waals surface area contributed by atoms with Gasteiger partial charge in [0.05, 0.1) is 19.1 Å². The molecule has 2 aliphatic heterocycles. The van der Waals surface area contributed by atoms with Crippen molar-refractivity contribution in [2.75, 3.05) is 46.0 Å². The van der Waals surface area contributed by atoms with Gasteiger partial charge in [-0.25, -0.2) is 4.39 Å². The fourth-order valence-corrected chi connectivity index (χ4v) is 4.38. The SMILES string of the molecule is CCNC(=NCC1(c2ccc(F)cc2)CCOCC1)N1CCCC(C(=O)OCC)C1. The fraction of sp³-hybridized carbons (Fsp3) is 0.652. The molecule has 166 valence electrons. The summed E-state index contributed by atoms with van der Waals surface area (Å²) in [5.74, 6) is 0.373. The Balaban J connectivity index is 1.79. The topological polar surface area (TPSA) is 63.2 Å². The number of aliphatic imine (C=N–C) groups is 1. The van der Waals surface area contributed by atoms with Crippen LogP contribution in [0.3, 0.4) is 0 Å². The number of esters is 1. The first-order valence-corrected chi connectivity index (χ1v) is 11.1. The van der Waals surface area contributed by atoms with Crippen molar-refractivity contribution in [3.05, 3.63) is 35.6 Å². The van der Waals surface area contributed by atoms with Crippen LogP contribution in [-0.4, -0.2) is 62.8 Å². The number of nitrogens with one attached hydrogen (secondary N) is 1. The molecule has 1 unspecified atom stereocenters. The van der Waals surface area contributed by atoms with E-state index in [2.05, 4.69) is 10.2 Å². The molecule has 0 spiro atoms. The van der Waals surface area contributed by atoms with Crippen molar-refractivity contribution in [1.82, 2.24) is 10.2 Å². The Bertz CT molecular complexity index is 717. The second-order valence-corrected chi connectivity index (χ2v) is 8.11. The van der Waals surface area contributed by atoms with E-state index in [1.54, 1.807) is 0 Å². The molecule has 0 aromatic heterocycles. The number of rotatable bonds is 6. The van der Waals surface area contributed by atoms with Gasteiger partial charge in [0.1, 0.15) is 5.82 Å². The highest BCUT2D eigenvalue weighted by molar-refractivity contribution is 5.81. The van der Waals surface area contributed by atoms with Gasteiger partial charge in [-0.2, -0.15) is 0 Å². The number of guanidine groups is 1. The highest BCUT2D eigenvalue weighted by Crippen LogP contribution is 2.35. The summed E-state index contributed by atoms with van der Waals surface area (Å²) in [4.78, 5) is 19.4. The maximum Gasteiger partial charge on any atom is 0.310 e. The Hall–Kier alpha value is -2.15. The van der Waals surface area contributed by atoms with Gasteiger partial charge in [-0.1, -0.05) is 12.1 Å². The van der Waals surface area contributed by atoms with Crippen molar-refractivity contribution in [2.45, 2.75) is 44.9 Å². The molecule has 2 aliphatic rings. The first kappa shape index (κ1) is 22.5. The van der Waals surface area contributed by atoms with Crippen LogP contribution >= 0.6 is 0 Å². The highest BCUT2D eigenvalue weighted by Gasteiger charge is 2.35. The van der Waals surface area contributed by atoms with Crippen LogP contribution in [0.5, 0.6) is 0 Å². The van der Waals surface area contributed by atoms with E-state index in [1.165, 1.54) is 12.1 Å². The second kappa shape index (κ2) is 10.8. The van der Waals surface area contributed by atoms with E-state index in [4.69, 9.17) is 14.5 Å². The summed E-state index contributed by atoms with van der Waals surface area (Å²) in [5, 5.41) is 3.39. The number of hydrogen-bond acceptors (Lipinski definition) is 4. The molecule has 0 aliphatic carbocycles. The number of nitrogens with zero attached hydrogens (tertiary/aromatic N) is 2. The third-order valence-electron chi connectivity index (χ3n) is 6.11. The van der Waals surface area contributed by atoms with Crippen LogP contribution in [0, 0.1) is 11.7 Å². The van der Waals surface area contributed by atoms with E-state index in [0.717, 1.165) is 50.3 Å². The van der Waals surface area contributed by atoms with Crippen molar-refractivity contribution in [3.8, 4) is 0 Å². The Morgan fingerprint density at radius 1 is 1.30 bits per heavy atom. The number of ether oxygens (including phenoxy) is 2. The lowest BCUT2D eigenvalue weighted by atomic mass is 9.74. The van der Waals surface area contributed by atoms with Crippen LogP contribution in [0.1, 0.15) is 45.1 Å². The van der Waals surface area contributed by atoms with Crippen LogP contribution in [0.2, 0.25) is 0 Å². The smallest absolute Gasteiger partial charge is 0.310 e.